The molecule has 17 nitrogen and oxygen atoms in total. The molecule has 1 unspecified atom stereocenters. The van der Waals surface area contributed by atoms with E-state index in [1.165, 1.54) is 32.2 Å². The summed E-state index contributed by atoms with van der Waals surface area (Å²) in [4.78, 5) is 72.0. The molecule has 17 heteroatoms. The number of phenols is 2. The highest BCUT2D eigenvalue weighted by atomic mass is 16.7. The number of fused-ring (bicyclic) bond motifs is 3. The van der Waals surface area contributed by atoms with E-state index in [4.69, 9.17) is 18.9 Å². The van der Waals surface area contributed by atoms with Crippen molar-refractivity contribution in [3.63, 3.8) is 0 Å². The van der Waals surface area contributed by atoms with Gasteiger partial charge in [-0.05, 0) is 51.8 Å². The van der Waals surface area contributed by atoms with Crippen LogP contribution in [0.25, 0.3) is 0 Å². The van der Waals surface area contributed by atoms with Gasteiger partial charge < -0.3 is 59.6 Å². The second-order valence-corrected chi connectivity index (χ2v) is 16.9. The number of benzene rings is 2. The van der Waals surface area contributed by atoms with Gasteiger partial charge in [-0.2, -0.15) is 0 Å². The molecule has 5 aliphatic rings. The number of alkyl carbamates (subject to hydrolysis) is 1. The Morgan fingerprint density at radius 1 is 1.02 bits per heavy atom. The normalized spacial score (nSPS) is 31.1. The highest BCUT2D eigenvalue weighted by Crippen LogP contribution is 2.52. The van der Waals surface area contributed by atoms with Crippen molar-refractivity contribution in [2.45, 2.75) is 101 Å². The third kappa shape index (κ3) is 7.89. The third-order valence-corrected chi connectivity index (χ3v) is 12.8. The van der Waals surface area contributed by atoms with E-state index in [1.807, 2.05) is 24.9 Å². The minimum Gasteiger partial charge on any atom is -0.507 e. The van der Waals surface area contributed by atoms with Gasteiger partial charge in [0, 0.05) is 67.5 Å². The van der Waals surface area contributed by atoms with Crippen molar-refractivity contribution in [3.8, 4) is 17.2 Å². The van der Waals surface area contributed by atoms with Crippen LogP contribution < -0.4 is 10.1 Å². The smallest absolute Gasteiger partial charge is 0.408 e. The van der Waals surface area contributed by atoms with Gasteiger partial charge in [-0.25, -0.2) is 4.79 Å². The fourth-order valence-electron chi connectivity index (χ4n) is 9.22. The number of aliphatic hydroxyl groups is 3. The minimum atomic E-state index is -2.36. The second-order valence-electron chi connectivity index (χ2n) is 16.9. The summed E-state index contributed by atoms with van der Waals surface area (Å²) >= 11 is 0. The van der Waals surface area contributed by atoms with Crippen molar-refractivity contribution in [1.82, 2.24) is 15.1 Å². The SMILES string of the molecule is COc1cccc2c1C(=O)c1c(O)c3c(c(O)c1C2=O)C[C@@](O)(C(=O)CO)C[C@@H]3O[C@H]1C[C@@H](NC(=O)O[C@@H]2/C=C/CC[C@](C)(C(=O)N3CCN(C)CC3)CC2)[C@H](O)C(C)O1. The zero-order valence-corrected chi connectivity index (χ0v) is 34.1. The predicted octanol–water partition coefficient (Wildman–Crippen LogP) is 2.05. The van der Waals surface area contributed by atoms with E-state index in [2.05, 4.69) is 10.2 Å². The number of ether oxygens (including phenoxy) is 4. The van der Waals surface area contributed by atoms with Crippen molar-refractivity contribution in [3.05, 3.63) is 63.7 Å². The van der Waals surface area contributed by atoms with Crippen LogP contribution in [0, 0.1) is 5.41 Å². The summed E-state index contributed by atoms with van der Waals surface area (Å²) in [6.45, 7) is 5.33. The summed E-state index contributed by atoms with van der Waals surface area (Å²) in [5.41, 5.74) is -4.71. The largest absolute Gasteiger partial charge is 0.507 e. The maximum absolute atomic E-state index is 14.0. The van der Waals surface area contributed by atoms with E-state index in [-0.39, 0.29) is 40.3 Å². The lowest BCUT2D eigenvalue weighted by atomic mass is 9.72. The quantitative estimate of drug-likeness (QED) is 0.141. The van der Waals surface area contributed by atoms with Crippen LogP contribution in [0.2, 0.25) is 0 Å². The Bertz CT molecular complexity index is 2100. The van der Waals surface area contributed by atoms with Gasteiger partial charge >= 0.3 is 6.09 Å². The van der Waals surface area contributed by atoms with E-state index in [0.29, 0.717) is 38.8 Å². The number of nitrogens with zero attached hydrogens (tertiary/aromatic N) is 2. The molecule has 2 aliphatic heterocycles. The van der Waals surface area contributed by atoms with Crippen LogP contribution in [0.1, 0.15) is 101 Å². The number of allylic oxidation sites excluding steroid dienone is 1. The monoisotopic (exact) mass is 835 g/mol. The maximum atomic E-state index is 14.0. The molecule has 6 N–H and O–H groups in total. The van der Waals surface area contributed by atoms with Crippen molar-refractivity contribution in [2.75, 3.05) is 46.9 Å². The number of ketones is 3. The average molecular weight is 836 g/mol. The summed E-state index contributed by atoms with van der Waals surface area (Å²) in [5, 5.41) is 58.7. The number of methoxy groups -OCH3 is 1. The summed E-state index contributed by atoms with van der Waals surface area (Å²) in [7, 11) is 3.34. The molecule has 2 saturated heterocycles. The molecular formula is C43H53N3O14. The molecule has 0 spiro atoms. The lowest BCUT2D eigenvalue weighted by molar-refractivity contribution is -0.249. The molecule has 7 rings (SSSR count). The summed E-state index contributed by atoms with van der Waals surface area (Å²) < 4.78 is 23.4. The molecule has 3 aliphatic carbocycles. The van der Waals surface area contributed by atoms with Gasteiger partial charge in [0.15, 0.2) is 17.9 Å². The number of hydrogen-bond acceptors (Lipinski definition) is 15. The number of phenolic OH excluding ortho intramolecular Hbond substituents is 2. The Balaban J connectivity index is 1.10. The number of rotatable bonds is 8. The average Bonchev–Trinajstić information content (AvgIpc) is 3.22. The van der Waals surface area contributed by atoms with Gasteiger partial charge in [0.05, 0.1) is 42.0 Å². The van der Waals surface area contributed by atoms with Crippen LogP contribution in [0.3, 0.4) is 0 Å². The number of aromatic hydroxyl groups is 2. The van der Waals surface area contributed by atoms with Crippen LogP contribution in [-0.4, -0.2) is 148 Å². The Hall–Kier alpha value is -4.91. The second kappa shape index (κ2) is 16.9. The van der Waals surface area contributed by atoms with Crippen molar-refractivity contribution < 1.29 is 68.5 Å². The van der Waals surface area contributed by atoms with Gasteiger partial charge in [0.1, 0.15) is 41.7 Å². The Labute approximate surface area is 346 Å². The lowest BCUT2D eigenvalue weighted by Crippen LogP contribution is -2.56. The first-order valence-electron chi connectivity index (χ1n) is 20.3. The molecule has 2 aromatic carbocycles. The molecule has 324 valence electrons. The summed E-state index contributed by atoms with van der Waals surface area (Å²) in [6, 6.07) is 3.31. The molecule has 0 aromatic heterocycles. The van der Waals surface area contributed by atoms with Crippen LogP contribution in [0.15, 0.2) is 30.4 Å². The van der Waals surface area contributed by atoms with E-state index in [0.717, 1.165) is 13.1 Å². The number of nitrogens with one attached hydrogen (secondary N) is 1. The molecule has 2 heterocycles. The number of piperazine rings is 1. The highest BCUT2D eigenvalue weighted by molar-refractivity contribution is 6.31. The Morgan fingerprint density at radius 2 is 1.73 bits per heavy atom. The first kappa shape index (κ1) is 43.2. The van der Waals surface area contributed by atoms with Gasteiger partial charge in [-0.1, -0.05) is 25.1 Å². The standard InChI is InChI=1S/C43H53N3O14/c1-22-35(49)26(44-41(55)59-23-8-5-6-12-42(2,13-11-23)40(54)46-16-14-45(3)15-17-46)18-30(58-22)60-28-20-43(56,29(48)21-47)19-25-32(28)39(53)34-33(37(25)51)36(50)24-9-7-10-27(57-4)31(24)38(34)52/h5,7-10,22-23,26,28,30,35,47,49,51,53,56H,6,11-21H2,1-4H3,(H,44,55)/b8-5+/t22?,23-,26-,28+,30+,35-,42+,43+/m1/s1. The molecule has 60 heavy (non-hydrogen) atoms. The van der Waals surface area contributed by atoms with E-state index >= 15 is 0 Å². The molecule has 2 aromatic rings. The Kier molecular flexibility index (Phi) is 12.1. The van der Waals surface area contributed by atoms with Gasteiger partial charge in [-0.15, -0.1) is 0 Å². The number of aliphatic hydroxyl groups excluding tert-OH is 2. The zero-order chi connectivity index (χ0) is 43.3. The van der Waals surface area contributed by atoms with Gasteiger partial charge in [0.2, 0.25) is 11.7 Å². The number of Topliss-reactive ketones (excluding diaryl/α,β-unsaturated/α-hetero) is 1. The molecule has 2 amide bonds. The number of likely N-dealkylation sites (N-methyl/N-ethyl adjacent to an activating group) is 1. The van der Waals surface area contributed by atoms with Gasteiger partial charge in [0.25, 0.3) is 0 Å². The first-order valence-corrected chi connectivity index (χ1v) is 20.3. The van der Waals surface area contributed by atoms with Crippen LogP contribution in [0.5, 0.6) is 17.2 Å². The summed E-state index contributed by atoms with van der Waals surface area (Å²) in [5.74, 6) is -4.00. The van der Waals surface area contributed by atoms with Gasteiger partial charge in [-0.3, -0.25) is 19.2 Å². The van der Waals surface area contributed by atoms with Crippen LogP contribution in [-0.2, 0) is 30.2 Å². The minimum absolute atomic E-state index is 0.0596. The Morgan fingerprint density at radius 3 is 2.43 bits per heavy atom. The number of carbonyl (C=O) groups excluding carboxylic acids is 5. The van der Waals surface area contributed by atoms with Crippen molar-refractivity contribution >= 4 is 29.4 Å². The first-order chi connectivity index (χ1) is 28.5. The van der Waals surface area contributed by atoms with E-state index < -0.39 is 113 Å². The topological polar surface area (TPSA) is 242 Å². The molecule has 0 saturated carbocycles. The third-order valence-electron chi connectivity index (χ3n) is 12.8. The number of carbonyl (C=O) groups is 5. The fraction of sp³-hybridized carbons (Fsp3) is 0.558. The number of amides is 2. The van der Waals surface area contributed by atoms with Crippen LogP contribution in [0.4, 0.5) is 4.79 Å². The highest BCUT2D eigenvalue weighted by Gasteiger charge is 2.50. The maximum Gasteiger partial charge on any atom is 0.408 e. The lowest BCUT2D eigenvalue weighted by Gasteiger charge is -2.42. The molecule has 0 radical (unpaired) electrons. The van der Waals surface area contributed by atoms with Crippen molar-refractivity contribution in [1.29, 1.82) is 0 Å². The molecule has 8 atom stereocenters. The molecule has 0 bridgehead atoms. The van der Waals surface area contributed by atoms with E-state index in [1.54, 1.807) is 6.08 Å². The predicted molar refractivity (Wildman–Crippen MR) is 211 cm³/mol. The zero-order valence-electron chi connectivity index (χ0n) is 34.1. The number of hydrogen-bond donors (Lipinski definition) is 6. The molecule has 2 fully saturated rings. The van der Waals surface area contributed by atoms with Crippen LogP contribution >= 0.6 is 0 Å². The van der Waals surface area contributed by atoms with E-state index in [9.17, 15) is 49.5 Å². The summed E-state index contributed by atoms with van der Waals surface area (Å²) in [6.07, 6.45) is -2.03. The van der Waals surface area contributed by atoms with Crippen molar-refractivity contribution in [2.24, 2.45) is 5.41 Å². The fourth-order valence-corrected chi connectivity index (χ4v) is 9.22. The molecular weight excluding hydrogens is 782 g/mol.